The highest BCUT2D eigenvalue weighted by Gasteiger charge is 2.20. The van der Waals surface area contributed by atoms with Gasteiger partial charge in [-0.15, -0.1) is 0 Å². The molecule has 1 atom stereocenters. The van der Waals surface area contributed by atoms with E-state index in [0.717, 1.165) is 10.5 Å². The summed E-state index contributed by atoms with van der Waals surface area (Å²) in [6, 6.07) is 0. The predicted molar refractivity (Wildman–Crippen MR) is 76.7 cm³/mol. The maximum absolute atomic E-state index is 2.33. The van der Waals surface area contributed by atoms with Crippen LogP contribution in [0.5, 0.6) is 0 Å². The standard InChI is InChI=1S/C12H27NS2/c1-10(2)14-15-11(9-13(6)7)8-12(3,4)5/h10-11H,8-9H2,1-7H3. The summed E-state index contributed by atoms with van der Waals surface area (Å²) in [4.78, 5) is 2.30. The van der Waals surface area contributed by atoms with Gasteiger partial charge in [0.05, 0.1) is 0 Å². The van der Waals surface area contributed by atoms with Gasteiger partial charge in [-0.1, -0.05) is 56.2 Å². The average molecular weight is 249 g/mol. The quantitative estimate of drug-likeness (QED) is 0.651. The highest BCUT2D eigenvalue weighted by Crippen LogP contribution is 2.36. The predicted octanol–water partition coefficient (Wildman–Crippen LogP) is 4.14. The Morgan fingerprint density at radius 3 is 1.93 bits per heavy atom. The van der Waals surface area contributed by atoms with E-state index in [9.17, 15) is 0 Å². The van der Waals surface area contributed by atoms with Crippen molar-refractivity contribution in [3.63, 3.8) is 0 Å². The van der Waals surface area contributed by atoms with Gasteiger partial charge in [0.1, 0.15) is 0 Å². The fourth-order valence-electron chi connectivity index (χ4n) is 1.41. The molecule has 0 saturated carbocycles. The molecule has 0 aromatic rings. The molecular formula is C12H27NS2. The van der Waals surface area contributed by atoms with Crippen molar-refractivity contribution >= 4 is 21.6 Å². The van der Waals surface area contributed by atoms with Crippen molar-refractivity contribution in [3.05, 3.63) is 0 Å². The molecule has 0 rings (SSSR count). The van der Waals surface area contributed by atoms with Gasteiger partial charge < -0.3 is 4.90 Å². The second kappa shape index (κ2) is 7.08. The molecule has 1 unspecified atom stereocenters. The van der Waals surface area contributed by atoms with E-state index in [4.69, 9.17) is 0 Å². The van der Waals surface area contributed by atoms with Gasteiger partial charge in [0, 0.05) is 17.0 Å². The van der Waals surface area contributed by atoms with Crippen molar-refractivity contribution in [1.29, 1.82) is 0 Å². The molecule has 0 aromatic carbocycles. The third-order valence-corrected chi connectivity index (χ3v) is 5.18. The van der Waals surface area contributed by atoms with Gasteiger partial charge in [-0.2, -0.15) is 0 Å². The number of hydrogen-bond acceptors (Lipinski definition) is 3. The molecule has 0 aliphatic rings. The first kappa shape index (κ1) is 15.7. The minimum atomic E-state index is 0.436. The fraction of sp³-hybridized carbons (Fsp3) is 1.00. The first-order valence-electron chi connectivity index (χ1n) is 5.67. The van der Waals surface area contributed by atoms with Crippen LogP contribution in [0.25, 0.3) is 0 Å². The Hall–Kier alpha value is 0.660. The molecule has 0 fully saturated rings. The van der Waals surface area contributed by atoms with Crippen molar-refractivity contribution < 1.29 is 0 Å². The van der Waals surface area contributed by atoms with Gasteiger partial charge in [-0.05, 0) is 25.9 Å². The highest BCUT2D eigenvalue weighted by atomic mass is 33.1. The first-order chi connectivity index (χ1) is 6.70. The maximum Gasteiger partial charge on any atom is 0.0283 e. The van der Waals surface area contributed by atoms with E-state index in [1.165, 1.54) is 13.0 Å². The second-order valence-electron chi connectivity index (χ2n) is 5.89. The Balaban J connectivity index is 4.07. The Morgan fingerprint density at radius 2 is 1.60 bits per heavy atom. The largest absolute Gasteiger partial charge is 0.308 e. The number of nitrogens with zero attached hydrogens (tertiary/aromatic N) is 1. The van der Waals surface area contributed by atoms with Crippen molar-refractivity contribution in [2.45, 2.75) is 51.5 Å². The van der Waals surface area contributed by atoms with Crippen molar-refractivity contribution in [1.82, 2.24) is 4.90 Å². The lowest BCUT2D eigenvalue weighted by molar-refractivity contribution is 0.327. The smallest absolute Gasteiger partial charge is 0.0283 e. The third-order valence-electron chi connectivity index (χ3n) is 1.79. The Bertz CT molecular complexity index is 161. The molecule has 0 aromatic heterocycles. The summed E-state index contributed by atoms with van der Waals surface area (Å²) in [6.45, 7) is 12.7. The number of hydrogen-bond donors (Lipinski definition) is 0. The summed E-state index contributed by atoms with van der Waals surface area (Å²) in [5, 5.41) is 1.46. The topological polar surface area (TPSA) is 3.24 Å². The number of rotatable bonds is 6. The van der Waals surface area contributed by atoms with Crippen LogP contribution in [0.4, 0.5) is 0 Å². The molecule has 92 valence electrons. The molecule has 0 heterocycles. The van der Waals surface area contributed by atoms with E-state index in [0.29, 0.717) is 5.41 Å². The maximum atomic E-state index is 2.33. The molecule has 15 heavy (non-hydrogen) atoms. The summed E-state index contributed by atoms with van der Waals surface area (Å²) in [5.74, 6) is 0. The highest BCUT2D eigenvalue weighted by molar-refractivity contribution is 8.77. The van der Waals surface area contributed by atoms with Crippen molar-refractivity contribution in [2.24, 2.45) is 5.41 Å². The molecule has 0 radical (unpaired) electrons. The van der Waals surface area contributed by atoms with Crippen LogP contribution in [-0.4, -0.2) is 36.0 Å². The minimum Gasteiger partial charge on any atom is -0.308 e. The summed E-state index contributed by atoms with van der Waals surface area (Å²) in [6.07, 6.45) is 1.29. The molecule has 0 amide bonds. The lowest BCUT2D eigenvalue weighted by atomic mass is 9.90. The molecule has 0 N–H and O–H groups in total. The van der Waals surface area contributed by atoms with Crippen LogP contribution in [0.15, 0.2) is 0 Å². The monoisotopic (exact) mass is 249 g/mol. The lowest BCUT2D eigenvalue weighted by Crippen LogP contribution is -2.27. The van der Waals surface area contributed by atoms with E-state index in [1.807, 2.05) is 10.8 Å². The second-order valence-corrected chi connectivity index (χ2v) is 9.04. The van der Waals surface area contributed by atoms with Gasteiger partial charge >= 0.3 is 0 Å². The molecule has 3 heteroatoms. The molecule has 0 aliphatic carbocycles. The summed E-state index contributed by atoms with van der Waals surface area (Å²) in [5.41, 5.74) is 0.436. The van der Waals surface area contributed by atoms with Gasteiger partial charge in [-0.3, -0.25) is 0 Å². The van der Waals surface area contributed by atoms with Crippen LogP contribution in [-0.2, 0) is 0 Å². The Kier molecular flexibility index (Phi) is 7.39. The molecule has 0 bridgehead atoms. The SMILES string of the molecule is CC(C)SSC(CN(C)C)CC(C)(C)C. The Labute approximate surface area is 104 Å². The summed E-state index contributed by atoms with van der Waals surface area (Å²) < 4.78 is 0. The average Bonchev–Trinajstić information content (AvgIpc) is 1.95. The zero-order valence-corrected chi connectivity index (χ0v) is 13.0. The lowest BCUT2D eigenvalue weighted by Gasteiger charge is -2.27. The van der Waals surface area contributed by atoms with Gasteiger partial charge in [0.25, 0.3) is 0 Å². The van der Waals surface area contributed by atoms with Crippen LogP contribution < -0.4 is 0 Å². The minimum absolute atomic E-state index is 0.436. The van der Waals surface area contributed by atoms with Crippen LogP contribution in [0.3, 0.4) is 0 Å². The first-order valence-corrected chi connectivity index (χ1v) is 7.95. The van der Waals surface area contributed by atoms with E-state index >= 15 is 0 Å². The normalized spacial score (nSPS) is 15.0. The summed E-state index contributed by atoms with van der Waals surface area (Å²) in [7, 11) is 8.40. The zero-order chi connectivity index (χ0) is 12.1. The fourth-order valence-corrected chi connectivity index (χ4v) is 4.24. The van der Waals surface area contributed by atoms with E-state index < -0.39 is 0 Å². The van der Waals surface area contributed by atoms with Crippen LogP contribution in [0, 0.1) is 5.41 Å². The Morgan fingerprint density at radius 1 is 1.07 bits per heavy atom. The molecule has 0 saturated heterocycles. The van der Waals surface area contributed by atoms with Crippen LogP contribution >= 0.6 is 21.6 Å². The van der Waals surface area contributed by atoms with Crippen LogP contribution in [0.2, 0.25) is 0 Å². The van der Waals surface area contributed by atoms with Crippen molar-refractivity contribution in [3.8, 4) is 0 Å². The third kappa shape index (κ3) is 10.9. The summed E-state index contributed by atoms with van der Waals surface area (Å²) >= 11 is 0. The van der Waals surface area contributed by atoms with Gasteiger partial charge in [0.15, 0.2) is 0 Å². The van der Waals surface area contributed by atoms with Crippen LogP contribution in [0.1, 0.15) is 41.0 Å². The zero-order valence-electron chi connectivity index (χ0n) is 11.3. The molecular weight excluding hydrogens is 222 g/mol. The molecule has 0 spiro atoms. The van der Waals surface area contributed by atoms with Gasteiger partial charge in [0.2, 0.25) is 0 Å². The van der Waals surface area contributed by atoms with E-state index in [2.05, 4.69) is 64.4 Å². The van der Waals surface area contributed by atoms with E-state index in [-0.39, 0.29) is 0 Å². The van der Waals surface area contributed by atoms with E-state index in [1.54, 1.807) is 0 Å². The molecule has 1 nitrogen and oxygen atoms in total. The molecule has 0 aliphatic heterocycles. The van der Waals surface area contributed by atoms with Crippen molar-refractivity contribution in [2.75, 3.05) is 20.6 Å². The van der Waals surface area contributed by atoms with Gasteiger partial charge in [-0.25, -0.2) is 0 Å².